The van der Waals surface area contributed by atoms with E-state index in [9.17, 15) is 101 Å². The second-order valence-electron chi connectivity index (χ2n) is 6.47. The van der Waals surface area contributed by atoms with Gasteiger partial charge in [0.1, 0.15) is 0 Å². The van der Waals surface area contributed by atoms with E-state index in [1.54, 1.807) is 0 Å². The van der Waals surface area contributed by atoms with Crippen molar-refractivity contribution in [2.24, 2.45) is 0 Å². The van der Waals surface area contributed by atoms with Crippen molar-refractivity contribution in [2.75, 3.05) is 6.61 Å². The van der Waals surface area contributed by atoms with Gasteiger partial charge in [0.2, 0.25) is 0 Å². The Morgan fingerprint density at radius 3 is 0.892 bits per heavy atom. The Labute approximate surface area is 188 Å². The van der Waals surface area contributed by atoms with Crippen molar-refractivity contribution in [1.29, 1.82) is 0 Å². The van der Waals surface area contributed by atoms with Crippen molar-refractivity contribution < 1.29 is 105 Å². The van der Waals surface area contributed by atoms with Gasteiger partial charge >= 0.3 is 68.9 Å². The summed E-state index contributed by atoms with van der Waals surface area (Å²) in [5, 5.41) is -8.29. The predicted octanol–water partition coefficient (Wildman–Crippen LogP) is 6.59. The lowest BCUT2D eigenvalue weighted by Gasteiger charge is -2.44. The second kappa shape index (κ2) is 8.72. The van der Waals surface area contributed by atoms with E-state index in [1.807, 2.05) is 0 Å². The normalized spacial score (nSPS) is 18.1. The molecule has 3 nitrogen and oxygen atoms in total. The molecular formula is C12H5F21O3S. The molecule has 25 heteroatoms. The van der Waals surface area contributed by atoms with Gasteiger partial charge in [0.15, 0.2) is 0 Å². The molecule has 224 valence electrons. The Bertz CT molecular complexity index is 945. The van der Waals surface area contributed by atoms with Gasteiger partial charge in [-0.15, -0.1) is 0 Å². The summed E-state index contributed by atoms with van der Waals surface area (Å²) in [5.41, 5.74) is 0. The zero-order valence-electron chi connectivity index (χ0n) is 16.3. The number of hydrogen-bond acceptors (Lipinski definition) is 3. The van der Waals surface area contributed by atoms with Crippen LogP contribution in [0.15, 0.2) is 0 Å². The first-order valence-corrected chi connectivity index (χ1v) is 9.33. The van der Waals surface area contributed by atoms with Gasteiger partial charge in [-0.2, -0.15) is 96.2 Å². The van der Waals surface area contributed by atoms with Crippen LogP contribution < -0.4 is 0 Å². The summed E-state index contributed by atoms with van der Waals surface area (Å²) in [4.78, 5) is 0. The van der Waals surface area contributed by atoms with Crippen LogP contribution >= 0.6 is 0 Å². The van der Waals surface area contributed by atoms with Gasteiger partial charge < -0.3 is 0 Å². The largest absolute Gasteiger partial charge is 0.460 e. The van der Waals surface area contributed by atoms with Gasteiger partial charge in [0, 0.05) is 0 Å². The van der Waals surface area contributed by atoms with Crippen LogP contribution in [0.5, 0.6) is 0 Å². The van der Waals surface area contributed by atoms with E-state index in [-0.39, 0.29) is 6.92 Å². The zero-order chi connectivity index (χ0) is 30.9. The molecule has 0 aromatic rings. The molecule has 0 rings (SSSR count). The molecule has 0 aliphatic carbocycles. The summed E-state index contributed by atoms with van der Waals surface area (Å²) < 4.78 is 300. The Morgan fingerprint density at radius 2 is 0.676 bits per heavy atom. The van der Waals surface area contributed by atoms with Gasteiger partial charge in [0.25, 0.3) is 0 Å². The van der Waals surface area contributed by atoms with E-state index in [4.69, 9.17) is 0 Å². The highest BCUT2D eigenvalue weighted by Crippen LogP contribution is 2.66. The molecule has 0 aromatic carbocycles. The van der Waals surface area contributed by atoms with Crippen LogP contribution in [0.2, 0.25) is 0 Å². The molecule has 0 aliphatic rings. The SMILES string of the molecule is CCOS(=O)(=O)C(F)(C(F)(F)F)C(F)(F)C(F)(F)C(F)(F)C(F)(F)C(F)(F)C(F)(F)C(F)(F)C(F)(F)F. The molecule has 0 spiro atoms. The van der Waals surface area contributed by atoms with Crippen LogP contribution in [-0.2, 0) is 14.3 Å². The first kappa shape index (κ1) is 35.4. The highest BCUT2D eigenvalue weighted by atomic mass is 32.2. The topological polar surface area (TPSA) is 43.4 Å². The molecule has 37 heavy (non-hydrogen) atoms. The van der Waals surface area contributed by atoms with Crippen molar-refractivity contribution in [2.45, 2.75) is 65.7 Å². The summed E-state index contributed by atoms with van der Waals surface area (Å²) in [6.07, 6.45) is -16.2. The molecule has 0 bridgehead atoms. The lowest BCUT2D eigenvalue weighted by atomic mass is 9.87. The summed E-state index contributed by atoms with van der Waals surface area (Å²) >= 11 is 0. The first-order valence-electron chi connectivity index (χ1n) is 7.92. The third-order valence-corrected chi connectivity index (χ3v) is 5.83. The Kier molecular flexibility index (Phi) is 8.36. The molecule has 0 N–H and O–H groups in total. The molecule has 0 fully saturated rings. The third kappa shape index (κ3) is 4.24. The number of rotatable bonds is 10. The fourth-order valence-electron chi connectivity index (χ4n) is 2.08. The van der Waals surface area contributed by atoms with E-state index < -0.39 is 75.5 Å². The zero-order valence-corrected chi connectivity index (χ0v) is 17.1. The van der Waals surface area contributed by atoms with Crippen molar-refractivity contribution in [3.63, 3.8) is 0 Å². The molecule has 1 atom stereocenters. The molecule has 1 unspecified atom stereocenters. The minimum Gasteiger partial charge on any atom is -0.267 e. The number of hydrogen-bond donors (Lipinski definition) is 0. The summed E-state index contributed by atoms with van der Waals surface area (Å²) in [5.74, 6) is -63.7. The van der Waals surface area contributed by atoms with E-state index in [0.29, 0.717) is 0 Å². The van der Waals surface area contributed by atoms with E-state index in [0.717, 1.165) is 0 Å². The van der Waals surface area contributed by atoms with Crippen LogP contribution in [0.3, 0.4) is 0 Å². The third-order valence-electron chi connectivity index (χ3n) is 4.11. The van der Waals surface area contributed by atoms with Gasteiger partial charge in [-0.1, -0.05) is 0 Å². The minimum absolute atomic E-state index is 0.177. The molecular weight excluding hydrogens is 623 g/mol. The number of halogens is 21. The van der Waals surface area contributed by atoms with E-state index in [1.165, 1.54) is 0 Å². The fraction of sp³-hybridized carbons (Fsp3) is 1.00. The highest BCUT2D eigenvalue weighted by Gasteiger charge is 2.99. The van der Waals surface area contributed by atoms with Crippen LogP contribution in [0.1, 0.15) is 6.92 Å². The van der Waals surface area contributed by atoms with Crippen molar-refractivity contribution >= 4 is 10.1 Å². The lowest BCUT2D eigenvalue weighted by molar-refractivity contribution is -0.467. The van der Waals surface area contributed by atoms with Gasteiger partial charge in [-0.25, -0.2) is 4.39 Å². The standard InChI is InChI=1S/C12H5F21O3S/c1-2-36-37(34,35)10(27,12(31,32)33)8(23,24)6(19,20)4(15,16)3(13,14)5(17,18)7(21,22)9(25,26)11(28,29)30/h2H2,1H3. The first-order chi connectivity index (χ1) is 15.6. The predicted molar refractivity (Wildman–Crippen MR) is 71.1 cm³/mol. The summed E-state index contributed by atoms with van der Waals surface area (Å²) in [6, 6.07) is 0. The summed E-state index contributed by atoms with van der Waals surface area (Å²) in [6.45, 7) is -1.74. The molecule has 0 aromatic heterocycles. The molecule has 0 saturated carbocycles. The van der Waals surface area contributed by atoms with Crippen molar-refractivity contribution in [3.05, 3.63) is 0 Å². The second-order valence-corrected chi connectivity index (χ2v) is 8.18. The monoisotopic (exact) mass is 628 g/mol. The molecule has 0 saturated heterocycles. The molecule has 0 radical (unpaired) electrons. The van der Waals surface area contributed by atoms with Crippen molar-refractivity contribution in [1.82, 2.24) is 0 Å². The van der Waals surface area contributed by atoms with E-state index in [2.05, 4.69) is 4.18 Å². The van der Waals surface area contributed by atoms with Gasteiger partial charge in [-0.3, -0.25) is 4.18 Å². The molecule has 0 amide bonds. The Balaban J connectivity index is 7.47. The lowest BCUT2D eigenvalue weighted by Crippen LogP contribution is -2.78. The van der Waals surface area contributed by atoms with E-state index >= 15 is 0 Å². The van der Waals surface area contributed by atoms with Gasteiger partial charge in [0.05, 0.1) is 6.61 Å². The maximum absolute atomic E-state index is 14.1. The Hall–Kier alpha value is -1.56. The highest BCUT2D eigenvalue weighted by molar-refractivity contribution is 7.88. The number of alkyl halides is 21. The molecule has 0 aliphatic heterocycles. The maximum Gasteiger partial charge on any atom is 0.460 e. The average Bonchev–Trinajstić information content (AvgIpc) is 2.64. The maximum atomic E-state index is 14.1. The molecule has 0 heterocycles. The average molecular weight is 628 g/mol. The van der Waals surface area contributed by atoms with Crippen molar-refractivity contribution in [3.8, 4) is 0 Å². The minimum atomic E-state index is -9.36. The Morgan fingerprint density at radius 1 is 0.432 bits per heavy atom. The van der Waals surface area contributed by atoms with Crippen LogP contribution in [0, 0.1) is 0 Å². The van der Waals surface area contributed by atoms with Gasteiger partial charge in [-0.05, 0) is 6.92 Å². The smallest absolute Gasteiger partial charge is 0.267 e. The van der Waals surface area contributed by atoms with Crippen LogP contribution in [0.4, 0.5) is 92.2 Å². The fourth-order valence-corrected chi connectivity index (χ4v) is 3.28. The summed E-state index contributed by atoms with van der Waals surface area (Å²) in [7, 11) is -8.09. The van der Waals surface area contributed by atoms with Crippen LogP contribution in [-0.4, -0.2) is 73.8 Å². The quantitative estimate of drug-likeness (QED) is 0.203. The van der Waals surface area contributed by atoms with Crippen LogP contribution in [0.25, 0.3) is 0 Å².